The van der Waals surface area contributed by atoms with Crippen molar-refractivity contribution in [2.24, 2.45) is 0 Å². The summed E-state index contributed by atoms with van der Waals surface area (Å²) in [6, 6.07) is 35.4. The third kappa shape index (κ3) is 5.72. The van der Waals surface area contributed by atoms with E-state index >= 15 is 0 Å². The molecular formula is C32H29FN2O. The van der Waals surface area contributed by atoms with E-state index in [0.29, 0.717) is 13.0 Å². The first-order chi connectivity index (χ1) is 17.7. The number of hydrogen-bond acceptors (Lipinski definition) is 1. The minimum atomic E-state index is -0.278. The van der Waals surface area contributed by atoms with Crippen LogP contribution >= 0.6 is 0 Å². The maximum absolute atomic E-state index is 13.2. The number of carbonyl (C=O) groups is 1. The van der Waals surface area contributed by atoms with Crippen LogP contribution in [0.15, 0.2) is 115 Å². The molecule has 0 aliphatic carbocycles. The number of nitrogens with zero attached hydrogens (tertiary/aromatic N) is 1. The smallest absolute Gasteiger partial charge is 0.220 e. The monoisotopic (exact) mass is 476 g/mol. The van der Waals surface area contributed by atoms with Gasteiger partial charge >= 0.3 is 0 Å². The summed E-state index contributed by atoms with van der Waals surface area (Å²) in [5.41, 5.74) is 5.67. The number of halogens is 1. The van der Waals surface area contributed by atoms with E-state index in [4.69, 9.17) is 0 Å². The summed E-state index contributed by atoms with van der Waals surface area (Å²) >= 11 is 0. The molecule has 5 rings (SSSR count). The summed E-state index contributed by atoms with van der Waals surface area (Å²) in [4.78, 5) is 13.1. The Balaban J connectivity index is 1.43. The van der Waals surface area contributed by atoms with Gasteiger partial charge in [0.25, 0.3) is 0 Å². The van der Waals surface area contributed by atoms with E-state index in [1.807, 2.05) is 24.3 Å². The lowest BCUT2D eigenvalue weighted by molar-refractivity contribution is -0.121. The van der Waals surface area contributed by atoms with Gasteiger partial charge in [-0.05, 0) is 52.8 Å². The van der Waals surface area contributed by atoms with Gasteiger partial charge in [-0.1, -0.05) is 91.0 Å². The highest BCUT2D eigenvalue weighted by atomic mass is 19.1. The molecule has 0 aliphatic heterocycles. The fourth-order valence-corrected chi connectivity index (χ4v) is 4.80. The lowest BCUT2D eigenvalue weighted by Crippen LogP contribution is -2.25. The lowest BCUT2D eigenvalue weighted by Gasteiger charge is -2.17. The fraction of sp³-hybridized carbons (Fsp3) is 0.156. The first-order valence-corrected chi connectivity index (χ1v) is 12.3. The van der Waals surface area contributed by atoms with Crippen LogP contribution in [0, 0.1) is 5.82 Å². The van der Waals surface area contributed by atoms with Crippen molar-refractivity contribution in [3.8, 4) is 0 Å². The highest BCUT2D eigenvalue weighted by Gasteiger charge is 2.21. The summed E-state index contributed by atoms with van der Waals surface area (Å²) in [6.45, 7) is 1.16. The Kier molecular flexibility index (Phi) is 7.23. The molecule has 4 aromatic carbocycles. The van der Waals surface area contributed by atoms with Gasteiger partial charge in [-0.3, -0.25) is 4.79 Å². The van der Waals surface area contributed by atoms with Crippen molar-refractivity contribution in [1.29, 1.82) is 0 Å². The van der Waals surface area contributed by atoms with Crippen LogP contribution in [0.4, 0.5) is 4.39 Å². The number of para-hydroxylation sites is 1. The Morgan fingerprint density at radius 3 is 2.11 bits per heavy atom. The second kappa shape index (κ2) is 11.0. The molecule has 0 radical (unpaired) electrons. The average Bonchev–Trinajstić information content (AvgIpc) is 3.27. The maximum atomic E-state index is 13.2. The minimum Gasteiger partial charge on any atom is -0.352 e. The predicted octanol–water partition coefficient (Wildman–Crippen LogP) is 6.86. The van der Waals surface area contributed by atoms with Crippen molar-refractivity contribution in [1.82, 2.24) is 9.88 Å². The summed E-state index contributed by atoms with van der Waals surface area (Å²) < 4.78 is 15.5. The first-order valence-electron chi connectivity index (χ1n) is 12.3. The van der Waals surface area contributed by atoms with E-state index in [0.717, 1.165) is 18.5 Å². The predicted molar refractivity (Wildman–Crippen MR) is 143 cm³/mol. The van der Waals surface area contributed by atoms with Crippen molar-refractivity contribution in [3.63, 3.8) is 0 Å². The van der Waals surface area contributed by atoms with Crippen LogP contribution in [0.3, 0.4) is 0 Å². The van der Waals surface area contributed by atoms with E-state index in [-0.39, 0.29) is 17.6 Å². The number of fused-ring (bicyclic) bond motifs is 1. The van der Waals surface area contributed by atoms with Gasteiger partial charge in [0, 0.05) is 36.6 Å². The van der Waals surface area contributed by atoms with Crippen LogP contribution < -0.4 is 5.32 Å². The molecule has 3 nitrogen and oxygen atoms in total. The van der Waals surface area contributed by atoms with Crippen molar-refractivity contribution in [3.05, 3.63) is 143 Å². The number of hydrogen-bond donors (Lipinski definition) is 1. The summed E-state index contributed by atoms with van der Waals surface area (Å²) in [5, 5.41) is 4.21. The van der Waals surface area contributed by atoms with Crippen LogP contribution in [0.1, 0.15) is 34.6 Å². The van der Waals surface area contributed by atoms with Gasteiger partial charge in [0.1, 0.15) is 5.82 Å². The van der Waals surface area contributed by atoms with Gasteiger partial charge in [0.05, 0.1) is 0 Å². The second-order valence-electron chi connectivity index (χ2n) is 9.21. The Morgan fingerprint density at radius 2 is 1.39 bits per heavy atom. The van der Waals surface area contributed by atoms with Crippen LogP contribution in [0.2, 0.25) is 0 Å². The van der Waals surface area contributed by atoms with Crippen LogP contribution in [0.5, 0.6) is 0 Å². The van der Waals surface area contributed by atoms with Gasteiger partial charge in [0.2, 0.25) is 5.91 Å². The molecule has 0 saturated heterocycles. The molecule has 180 valence electrons. The number of carbonyl (C=O) groups excluding carboxylic acids is 1. The molecule has 1 heterocycles. The Bertz CT molecular complexity index is 1430. The summed E-state index contributed by atoms with van der Waals surface area (Å²) in [6.07, 6.45) is 3.36. The summed E-state index contributed by atoms with van der Waals surface area (Å²) in [7, 11) is 0. The number of rotatable bonds is 9. The fourth-order valence-electron chi connectivity index (χ4n) is 4.80. The van der Waals surface area contributed by atoms with Gasteiger partial charge in [-0.25, -0.2) is 4.39 Å². The number of nitrogens with one attached hydrogen (secondary N) is 1. The number of aromatic nitrogens is 1. The molecular weight excluding hydrogens is 447 g/mol. The molecule has 0 aliphatic rings. The molecule has 1 unspecified atom stereocenters. The first kappa shape index (κ1) is 23.6. The Hall–Kier alpha value is -4.18. The quantitative estimate of drug-likeness (QED) is 0.248. The lowest BCUT2D eigenvalue weighted by atomic mass is 9.88. The Morgan fingerprint density at radius 1 is 0.750 bits per heavy atom. The van der Waals surface area contributed by atoms with Crippen molar-refractivity contribution < 1.29 is 9.18 Å². The van der Waals surface area contributed by atoms with E-state index in [1.54, 1.807) is 12.1 Å². The highest BCUT2D eigenvalue weighted by molar-refractivity contribution is 5.86. The molecule has 0 spiro atoms. The van der Waals surface area contributed by atoms with Crippen molar-refractivity contribution in [2.75, 3.05) is 0 Å². The normalized spacial score (nSPS) is 11.9. The summed E-state index contributed by atoms with van der Waals surface area (Å²) in [5.74, 6) is -0.275. The van der Waals surface area contributed by atoms with Crippen molar-refractivity contribution in [2.45, 2.75) is 31.8 Å². The molecule has 0 bridgehead atoms. The van der Waals surface area contributed by atoms with E-state index < -0.39 is 0 Å². The van der Waals surface area contributed by atoms with Gasteiger partial charge in [-0.15, -0.1) is 0 Å². The van der Waals surface area contributed by atoms with Crippen LogP contribution in [0.25, 0.3) is 10.9 Å². The van der Waals surface area contributed by atoms with Crippen molar-refractivity contribution >= 4 is 16.8 Å². The zero-order valence-electron chi connectivity index (χ0n) is 20.1. The molecule has 0 fully saturated rings. The van der Waals surface area contributed by atoms with E-state index in [9.17, 15) is 9.18 Å². The molecule has 1 aromatic heterocycles. The largest absolute Gasteiger partial charge is 0.352 e. The van der Waals surface area contributed by atoms with Gasteiger partial charge in [-0.2, -0.15) is 0 Å². The minimum absolute atomic E-state index is 0.0138. The SMILES string of the molecule is O=C(CC(Cc1ccccc1)c1cn(Cc2ccccc2)c2ccccc12)NCc1ccc(F)cc1. The van der Waals surface area contributed by atoms with Gasteiger partial charge < -0.3 is 9.88 Å². The molecule has 0 saturated carbocycles. The molecule has 1 amide bonds. The van der Waals surface area contributed by atoms with Crippen LogP contribution in [-0.4, -0.2) is 10.5 Å². The van der Waals surface area contributed by atoms with E-state index in [1.165, 1.54) is 39.7 Å². The Labute approximate surface area is 211 Å². The molecule has 1 atom stereocenters. The second-order valence-corrected chi connectivity index (χ2v) is 9.21. The maximum Gasteiger partial charge on any atom is 0.220 e. The van der Waals surface area contributed by atoms with Gasteiger partial charge in [0.15, 0.2) is 0 Å². The highest BCUT2D eigenvalue weighted by Crippen LogP contribution is 2.33. The topological polar surface area (TPSA) is 34.0 Å². The van der Waals surface area contributed by atoms with Crippen LogP contribution in [-0.2, 0) is 24.3 Å². The zero-order valence-corrected chi connectivity index (χ0v) is 20.1. The average molecular weight is 477 g/mol. The molecule has 4 heteroatoms. The number of benzene rings is 4. The standard InChI is InChI=1S/C32H29FN2O/c33-28-17-15-25(16-18-28)21-34-32(36)20-27(19-24-9-3-1-4-10-24)30-23-35(22-26-11-5-2-6-12-26)31-14-8-7-13-29(30)31/h1-18,23,27H,19-22H2,(H,34,36). The molecule has 5 aromatic rings. The van der Waals surface area contributed by atoms with E-state index in [2.05, 4.69) is 76.7 Å². The third-order valence-corrected chi connectivity index (χ3v) is 6.61. The third-order valence-electron chi connectivity index (χ3n) is 6.61. The molecule has 36 heavy (non-hydrogen) atoms. The molecule has 1 N–H and O–H groups in total. The number of amides is 1. The zero-order chi connectivity index (χ0) is 24.7.